The van der Waals surface area contributed by atoms with E-state index >= 15 is 0 Å². The number of benzene rings is 2. The first-order valence-electron chi connectivity index (χ1n) is 7.28. The van der Waals surface area contributed by atoms with Gasteiger partial charge in [0.1, 0.15) is 5.56 Å². The highest BCUT2D eigenvalue weighted by Crippen LogP contribution is 2.24. The first-order chi connectivity index (χ1) is 11.1. The average Bonchev–Trinajstić information content (AvgIpc) is 2.94. The molecule has 2 N–H and O–H groups in total. The van der Waals surface area contributed by atoms with Crippen LogP contribution in [-0.4, -0.2) is 20.9 Å². The SMILES string of the molecule is Cc1ccccc1Nc1nn(-c2ccccc2C)cc1C(=O)O. The fraction of sp³-hybridized carbons (Fsp3) is 0.111. The van der Waals surface area contributed by atoms with Gasteiger partial charge >= 0.3 is 5.97 Å². The molecule has 0 aliphatic rings. The molecule has 5 nitrogen and oxygen atoms in total. The van der Waals surface area contributed by atoms with E-state index in [0.29, 0.717) is 5.82 Å². The van der Waals surface area contributed by atoms with E-state index in [2.05, 4.69) is 10.4 Å². The Hall–Kier alpha value is -3.08. The second kappa shape index (κ2) is 5.96. The van der Waals surface area contributed by atoms with Crippen LogP contribution in [0.3, 0.4) is 0 Å². The topological polar surface area (TPSA) is 67.2 Å². The smallest absolute Gasteiger partial charge is 0.341 e. The molecule has 1 aromatic heterocycles. The van der Waals surface area contributed by atoms with E-state index < -0.39 is 5.97 Å². The third-order valence-electron chi connectivity index (χ3n) is 3.71. The lowest BCUT2D eigenvalue weighted by Gasteiger charge is -2.07. The van der Waals surface area contributed by atoms with Crippen LogP contribution in [-0.2, 0) is 0 Å². The van der Waals surface area contributed by atoms with Gasteiger partial charge < -0.3 is 10.4 Å². The molecule has 116 valence electrons. The Kier molecular flexibility index (Phi) is 3.85. The van der Waals surface area contributed by atoms with Gasteiger partial charge in [0.25, 0.3) is 0 Å². The first-order valence-corrected chi connectivity index (χ1v) is 7.28. The van der Waals surface area contributed by atoms with Crippen LogP contribution in [0.25, 0.3) is 5.69 Å². The van der Waals surface area contributed by atoms with Crippen molar-refractivity contribution in [3.05, 3.63) is 71.4 Å². The summed E-state index contributed by atoms with van der Waals surface area (Å²) in [6, 6.07) is 15.4. The fourth-order valence-electron chi connectivity index (χ4n) is 2.41. The second-order valence-electron chi connectivity index (χ2n) is 5.37. The van der Waals surface area contributed by atoms with Gasteiger partial charge in [0.05, 0.1) is 5.69 Å². The molecule has 0 aliphatic carbocycles. The van der Waals surface area contributed by atoms with Gasteiger partial charge in [-0.1, -0.05) is 36.4 Å². The molecule has 23 heavy (non-hydrogen) atoms. The van der Waals surface area contributed by atoms with E-state index in [-0.39, 0.29) is 5.56 Å². The molecule has 0 amide bonds. The molecular weight excluding hydrogens is 290 g/mol. The molecule has 5 heteroatoms. The lowest BCUT2D eigenvalue weighted by Crippen LogP contribution is -2.01. The van der Waals surface area contributed by atoms with E-state index in [0.717, 1.165) is 22.5 Å². The van der Waals surface area contributed by atoms with Gasteiger partial charge in [-0.05, 0) is 37.1 Å². The largest absolute Gasteiger partial charge is 0.477 e. The lowest BCUT2D eigenvalue weighted by molar-refractivity contribution is 0.0698. The van der Waals surface area contributed by atoms with Crippen LogP contribution in [0.5, 0.6) is 0 Å². The second-order valence-corrected chi connectivity index (χ2v) is 5.37. The zero-order valence-corrected chi connectivity index (χ0v) is 12.9. The highest BCUT2D eigenvalue weighted by atomic mass is 16.4. The summed E-state index contributed by atoms with van der Waals surface area (Å²) in [6.45, 7) is 3.92. The van der Waals surface area contributed by atoms with Crippen LogP contribution in [0.1, 0.15) is 21.5 Å². The summed E-state index contributed by atoms with van der Waals surface area (Å²) in [4.78, 5) is 11.5. The number of aromatic carboxylic acids is 1. The molecule has 3 rings (SSSR count). The number of carboxylic acids is 1. The molecule has 0 spiro atoms. The maximum Gasteiger partial charge on any atom is 0.341 e. The number of rotatable bonds is 4. The van der Waals surface area contributed by atoms with Crippen LogP contribution in [0.15, 0.2) is 54.7 Å². The molecule has 0 atom stereocenters. The monoisotopic (exact) mass is 307 g/mol. The zero-order valence-electron chi connectivity index (χ0n) is 12.9. The standard InChI is InChI=1S/C18H17N3O2/c1-12-7-3-5-9-15(12)19-17-14(18(22)23)11-21(20-17)16-10-6-4-8-13(16)2/h3-11H,1-2H3,(H,19,20)(H,22,23). The van der Waals surface area contributed by atoms with Crippen molar-refractivity contribution in [1.82, 2.24) is 9.78 Å². The van der Waals surface area contributed by atoms with Crippen molar-refractivity contribution in [3.63, 3.8) is 0 Å². The molecular formula is C18H17N3O2. The fourth-order valence-corrected chi connectivity index (χ4v) is 2.41. The number of hydrogen-bond acceptors (Lipinski definition) is 3. The van der Waals surface area contributed by atoms with Crippen molar-refractivity contribution >= 4 is 17.5 Å². The normalized spacial score (nSPS) is 10.5. The summed E-state index contributed by atoms with van der Waals surface area (Å²) in [7, 11) is 0. The van der Waals surface area contributed by atoms with Crippen LogP contribution in [0.4, 0.5) is 11.5 Å². The minimum absolute atomic E-state index is 0.136. The van der Waals surface area contributed by atoms with Gasteiger partial charge in [0.2, 0.25) is 0 Å². The number of carbonyl (C=O) groups is 1. The highest BCUT2D eigenvalue weighted by Gasteiger charge is 2.17. The molecule has 0 fully saturated rings. The van der Waals surface area contributed by atoms with Gasteiger partial charge in [-0.25, -0.2) is 9.48 Å². The predicted molar refractivity (Wildman–Crippen MR) is 89.7 cm³/mol. The lowest BCUT2D eigenvalue weighted by atomic mass is 10.2. The number of aryl methyl sites for hydroxylation is 2. The van der Waals surface area contributed by atoms with Crippen LogP contribution in [0, 0.1) is 13.8 Å². The van der Waals surface area contributed by atoms with Crippen molar-refractivity contribution in [3.8, 4) is 5.69 Å². The van der Waals surface area contributed by atoms with E-state index in [4.69, 9.17) is 0 Å². The molecule has 0 bridgehead atoms. The summed E-state index contributed by atoms with van der Waals surface area (Å²) < 4.78 is 1.60. The molecule has 0 aliphatic heterocycles. The van der Waals surface area contributed by atoms with Gasteiger partial charge in [-0.2, -0.15) is 0 Å². The molecule has 0 saturated heterocycles. The summed E-state index contributed by atoms with van der Waals surface area (Å²) in [5, 5.41) is 17.0. The number of hydrogen-bond donors (Lipinski definition) is 2. The number of nitrogens with zero attached hydrogens (tertiary/aromatic N) is 2. The Labute approximate surface area is 134 Å². The van der Waals surface area contributed by atoms with E-state index in [9.17, 15) is 9.90 Å². The Balaban J connectivity index is 2.05. The number of carboxylic acid groups (broad SMARTS) is 1. The Morgan fingerprint density at radius 1 is 1.04 bits per heavy atom. The minimum Gasteiger partial charge on any atom is -0.477 e. The molecule has 1 heterocycles. The Bertz CT molecular complexity index is 868. The van der Waals surface area contributed by atoms with Gasteiger partial charge in [0.15, 0.2) is 5.82 Å². The van der Waals surface area contributed by atoms with Gasteiger partial charge in [0, 0.05) is 11.9 Å². The number of para-hydroxylation sites is 2. The quantitative estimate of drug-likeness (QED) is 0.766. The molecule has 0 unspecified atom stereocenters. The zero-order chi connectivity index (χ0) is 16.4. The maximum atomic E-state index is 11.5. The Morgan fingerprint density at radius 3 is 2.35 bits per heavy atom. The minimum atomic E-state index is -1.01. The summed E-state index contributed by atoms with van der Waals surface area (Å²) in [5.74, 6) is -0.684. The van der Waals surface area contributed by atoms with Gasteiger partial charge in [-0.15, -0.1) is 5.10 Å². The van der Waals surface area contributed by atoms with Crippen LogP contribution in [0.2, 0.25) is 0 Å². The third-order valence-corrected chi connectivity index (χ3v) is 3.71. The summed E-state index contributed by atoms with van der Waals surface area (Å²) in [5.41, 5.74) is 3.87. The van der Waals surface area contributed by atoms with Crippen molar-refractivity contribution in [2.45, 2.75) is 13.8 Å². The maximum absolute atomic E-state index is 11.5. The number of anilines is 2. The van der Waals surface area contributed by atoms with Crippen molar-refractivity contribution < 1.29 is 9.90 Å². The molecule has 0 saturated carbocycles. The number of nitrogens with one attached hydrogen (secondary N) is 1. The van der Waals surface area contributed by atoms with Crippen LogP contribution >= 0.6 is 0 Å². The van der Waals surface area contributed by atoms with Crippen molar-refractivity contribution in [2.24, 2.45) is 0 Å². The summed E-state index contributed by atoms with van der Waals surface area (Å²) in [6.07, 6.45) is 1.53. The van der Waals surface area contributed by atoms with Crippen LogP contribution < -0.4 is 5.32 Å². The van der Waals surface area contributed by atoms with Crippen molar-refractivity contribution in [2.75, 3.05) is 5.32 Å². The predicted octanol–water partition coefficient (Wildman–Crippen LogP) is 3.93. The first kappa shape index (κ1) is 14.8. The van der Waals surface area contributed by atoms with E-state index in [1.165, 1.54) is 6.20 Å². The Morgan fingerprint density at radius 2 is 1.70 bits per heavy atom. The molecule has 0 radical (unpaired) electrons. The highest BCUT2D eigenvalue weighted by molar-refractivity contribution is 5.94. The third kappa shape index (κ3) is 2.94. The van der Waals surface area contributed by atoms with E-state index in [1.54, 1.807) is 4.68 Å². The average molecular weight is 307 g/mol. The summed E-state index contributed by atoms with van der Waals surface area (Å²) >= 11 is 0. The molecule has 2 aromatic carbocycles. The van der Waals surface area contributed by atoms with Crippen molar-refractivity contribution in [1.29, 1.82) is 0 Å². The van der Waals surface area contributed by atoms with E-state index in [1.807, 2.05) is 62.4 Å². The molecule has 3 aromatic rings. The van der Waals surface area contributed by atoms with Gasteiger partial charge in [-0.3, -0.25) is 0 Å². The number of aromatic nitrogens is 2.